The maximum Gasteiger partial charge on any atom is 0.0541 e. The summed E-state index contributed by atoms with van der Waals surface area (Å²) >= 11 is 0. The molecule has 1 heteroatoms. The van der Waals surface area contributed by atoms with Crippen LogP contribution in [0, 0.1) is 12.3 Å². The first-order chi connectivity index (χ1) is 22.5. The van der Waals surface area contributed by atoms with Gasteiger partial charge in [-0.3, -0.25) is 0 Å². The molecule has 8 rings (SSSR count). The van der Waals surface area contributed by atoms with Gasteiger partial charge in [0.2, 0.25) is 0 Å². The number of aryl methyl sites for hydroxylation is 1. The molecule has 0 aliphatic heterocycles. The monoisotopic (exact) mass is 609 g/mol. The third-order valence-electron chi connectivity index (χ3n) is 12.2. The van der Waals surface area contributed by atoms with E-state index in [-0.39, 0.29) is 16.2 Å². The zero-order chi connectivity index (χ0) is 32.7. The van der Waals surface area contributed by atoms with E-state index in [1.807, 2.05) is 0 Å². The van der Waals surface area contributed by atoms with Crippen molar-refractivity contribution in [1.82, 2.24) is 4.57 Å². The number of rotatable bonds is 4. The predicted octanol–water partition coefficient (Wildman–Crippen LogP) is 12.7. The average molecular weight is 610 g/mol. The molecular formula is C46H43N. The fraction of sp³-hybridized carbons (Fsp3) is 0.217. The molecule has 0 saturated heterocycles. The molecule has 0 spiro atoms. The molecule has 0 fully saturated rings. The summed E-state index contributed by atoms with van der Waals surface area (Å²) in [4.78, 5) is 0. The van der Waals surface area contributed by atoms with Gasteiger partial charge >= 0.3 is 0 Å². The van der Waals surface area contributed by atoms with Crippen LogP contribution in [0.2, 0.25) is 0 Å². The Morgan fingerprint density at radius 2 is 0.894 bits per heavy atom. The summed E-state index contributed by atoms with van der Waals surface area (Å²) in [5, 5.41) is 2.54. The smallest absolute Gasteiger partial charge is 0.0541 e. The van der Waals surface area contributed by atoms with Crippen molar-refractivity contribution in [2.24, 2.45) is 5.41 Å². The summed E-state index contributed by atoms with van der Waals surface area (Å²) in [5.41, 5.74) is 15.6. The van der Waals surface area contributed by atoms with Crippen molar-refractivity contribution < 1.29 is 0 Å². The second-order valence-corrected chi connectivity index (χ2v) is 15.2. The van der Waals surface area contributed by atoms with E-state index in [1.54, 1.807) is 0 Å². The largest absolute Gasteiger partial charge is 0.309 e. The summed E-state index contributed by atoms with van der Waals surface area (Å²) in [6, 6.07) is 49.7. The van der Waals surface area contributed by atoms with Gasteiger partial charge in [0.1, 0.15) is 0 Å². The topological polar surface area (TPSA) is 4.93 Å². The number of benzene rings is 6. The van der Waals surface area contributed by atoms with Crippen LogP contribution in [0.1, 0.15) is 58.2 Å². The van der Waals surface area contributed by atoms with Crippen LogP contribution < -0.4 is 0 Å². The molecule has 0 atom stereocenters. The highest BCUT2D eigenvalue weighted by molar-refractivity contribution is 6.12. The molecule has 232 valence electrons. The predicted molar refractivity (Wildman–Crippen MR) is 202 cm³/mol. The molecule has 1 aliphatic rings. The maximum absolute atomic E-state index is 2.54. The Labute approximate surface area is 279 Å². The Balaban J connectivity index is 1.43. The van der Waals surface area contributed by atoms with Gasteiger partial charge in [0.15, 0.2) is 0 Å². The number of fused-ring (bicyclic) bond motifs is 4. The summed E-state index contributed by atoms with van der Waals surface area (Å²) in [6.07, 6.45) is 0. The van der Waals surface area contributed by atoms with Gasteiger partial charge in [0.25, 0.3) is 0 Å². The highest BCUT2D eigenvalue weighted by Gasteiger charge is 2.57. The lowest BCUT2D eigenvalue weighted by atomic mass is 9.59. The minimum Gasteiger partial charge on any atom is -0.309 e. The normalized spacial score (nSPS) is 16.1. The molecule has 1 aromatic heterocycles. The quantitative estimate of drug-likeness (QED) is 0.187. The van der Waals surface area contributed by atoms with Crippen molar-refractivity contribution in [3.63, 3.8) is 0 Å². The Morgan fingerprint density at radius 1 is 0.426 bits per heavy atom. The van der Waals surface area contributed by atoms with E-state index >= 15 is 0 Å². The maximum atomic E-state index is 2.54. The van der Waals surface area contributed by atoms with Crippen LogP contribution in [0.25, 0.3) is 60.9 Å². The van der Waals surface area contributed by atoms with E-state index in [0.717, 1.165) is 0 Å². The third kappa shape index (κ3) is 4.29. The minimum absolute atomic E-state index is 0.0183. The van der Waals surface area contributed by atoms with Gasteiger partial charge in [-0.15, -0.1) is 0 Å². The number of nitrogens with zero attached hydrogens (tertiary/aromatic N) is 1. The van der Waals surface area contributed by atoms with E-state index in [2.05, 4.69) is 186 Å². The van der Waals surface area contributed by atoms with Crippen molar-refractivity contribution >= 4 is 21.8 Å². The summed E-state index contributed by atoms with van der Waals surface area (Å²) in [6.45, 7) is 16.8. The highest BCUT2D eigenvalue weighted by Crippen LogP contribution is 2.62. The first kappa shape index (κ1) is 29.5. The molecule has 0 radical (unpaired) electrons. The lowest BCUT2D eigenvalue weighted by molar-refractivity contribution is 0.125. The Bertz CT molecular complexity index is 2300. The molecule has 1 heterocycles. The summed E-state index contributed by atoms with van der Waals surface area (Å²) in [7, 11) is 0. The molecule has 47 heavy (non-hydrogen) atoms. The van der Waals surface area contributed by atoms with Gasteiger partial charge < -0.3 is 4.57 Å². The van der Waals surface area contributed by atoms with Gasteiger partial charge in [0, 0.05) is 16.5 Å². The molecule has 0 unspecified atom stereocenters. The fourth-order valence-corrected chi connectivity index (χ4v) is 8.16. The number of hydrogen-bond acceptors (Lipinski definition) is 0. The van der Waals surface area contributed by atoms with Gasteiger partial charge in [0.05, 0.1) is 11.0 Å². The SMILES string of the molecule is Cc1ccc(-c2cc3c(cc2-c2ccc4c(c2)c2cc(-c5ccccc5)ccc2n4-c2ccccc2)C(C)(C)C(C)(C)C3(C)C)cc1. The number of hydrogen-bond donors (Lipinski definition) is 0. The lowest BCUT2D eigenvalue weighted by Gasteiger charge is -2.44. The van der Waals surface area contributed by atoms with Crippen LogP contribution in [-0.2, 0) is 10.8 Å². The summed E-state index contributed by atoms with van der Waals surface area (Å²) < 4.78 is 2.42. The molecular weight excluding hydrogens is 567 g/mol. The van der Waals surface area contributed by atoms with Crippen LogP contribution in [0.15, 0.2) is 133 Å². The van der Waals surface area contributed by atoms with Crippen molar-refractivity contribution in [3.8, 4) is 39.1 Å². The van der Waals surface area contributed by atoms with E-state index in [0.29, 0.717) is 0 Å². The standard InChI is InChI=1S/C46H43N/c1-30-18-20-32(21-19-30)36-28-40-41(45(4,5)46(6,7)44(40,2)3)29-37(36)34-23-25-43-39(27-34)38-26-33(31-14-10-8-11-15-31)22-24-42(38)47(43)35-16-12-9-13-17-35/h8-29H,1-7H3. The fourth-order valence-electron chi connectivity index (χ4n) is 8.16. The third-order valence-corrected chi connectivity index (χ3v) is 12.2. The van der Waals surface area contributed by atoms with Crippen molar-refractivity contribution in [2.45, 2.75) is 59.3 Å². The molecule has 0 N–H and O–H groups in total. The molecule has 1 nitrogen and oxygen atoms in total. The molecule has 1 aliphatic carbocycles. The number of para-hydroxylation sites is 1. The van der Waals surface area contributed by atoms with Crippen molar-refractivity contribution in [3.05, 3.63) is 150 Å². The van der Waals surface area contributed by atoms with E-state index in [1.165, 1.54) is 77.6 Å². The van der Waals surface area contributed by atoms with Gasteiger partial charge in [-0.1, -0.05) is 132 Å². The van der Waals surface area contributed by atoms with Gasteiger partial charge in [-0.2, -0.15) is 0 Å². The minimum atomic E-state index is 0.0183. The van der Waals surface area contributed by atoms with Crippen LogP contribution in [0.5, 0.6) is 0 Å². The van der Waals surface area contributed by atoms with Crippen molar-refractivity contribution in [2.75, 3.05) is 0 Å². The Kier molecular flexibility index (Phi) is 6.48. The molecule has 7 aromatic rings. The van der Waals surface area contributed by atoms with Crippen LogP contribution in [0.4, 0.5) is 0 Å². The van der Waals surface area contributed by atoms with E-state index in [9.17, 15) is 0 Å². The highest BCUT2D eigenvalue weighted by atomic mass is 15.0. The molecule has 6 aromatic carbocycles. The number of aromatic nitrogens is 1. The van der Waals surface area contributed by atoms with Crippen molar-refractivity contribution in [1.29, 1.82) is 0 Å². The molecule has 0 saturated carbocycles. The first-order valence-electron chi connectivity index (χ1n) is 16.9. The van der Waals surface area contributed by atoms with E-state index in [4.69, 9.17) is 0 Å². The zero-order valence-corrected chi connectivity index (χ0v) is 28.6. The van der Waals surface area contributed by atoms with Gasteiger partial charge in [-0.05, 0) is 116 Å². The Morgan fingerprint density at radius 3 is 1.47 bits per heavy atom. The lowest BCUT2D eigenvalue weighted by Crippen LogP contribution is -2.42. The zero-order valence-electron chi connectivity index (χ0n) is 28.6. The molecule has 0 bridgehead atoms. The second kappa shape index (κ2) is 10.3. The van der Waals surface area contributed by atoms with E-state index < -0.39 is 0 Å². The second-order valence-electron chi connectivity index (χ2n) is 15.2. The van der Waals surface area contributed by atoms with Crippen LogP contribution in [0.3, 0.4) is 0 Å². The van der Waals surface area contributed by atoms with Gasteiger partial charge in [-0.25, -0.2) is 0 Å². The van der Waals surface area contributed by atoms with Crippen LogP contribution >= 0.6 is 0 Å². The molecule has 0 amide bonds. The average Bonchev–Trinajstić information content (AvgIpc) is 3.46. The summed E-state index contributed by atoms with van der Waals surface area (Å²) in [5.74, 6) is 0. The first-order valence-corrected chi connectivity index (χ1v) is 16.9. The van der Waals surface area contributed by atoms with Crippen LogP contribution in [-0.4, -0.2) is 4.57 Å². The Hall–Kier alpha value is -4.88.